The molecule has 0 radical (unpaired) electrons. The van der Waals surface area contributed by atoms with Gasteiger partial charge in [-0.05, 0) is 43.7 Å². The van der Waals surface area contributed by atoms with E-state index in [2.05, 4.69) is 10.6 Å². The molecule has 0 saturated heterocycles. The van der Waals surface area contributed by atoms with E-state index in [9.17, 15) is 14.4 Å². The summed E-state index contributed by atoms with van der Waals surface area (Å²) < 4.78 is 10.2. The summed E-state index contributed by atoms with van der Waals surface area (Å²) in [5.74, 6) is -0.515. The summed E-state index contributed by atoms with van der Waals surface area (Å²) in [6.07, 6.45) is 0.255. The van der Waals surface area contributed by atoms with Crippen molar-refractivity contribution in [3.05, 3.63) is 40.3 Å². The fourth-order valence-corrected chi connectivity index (χ4v) is 3.48. The van der Waals surface area contributed by atoms with Crippen molar-refractivity contribution in [2.75, 3.05) is 24.4 Å². The monoisotopic (exact) mass is 390 g/mol. The third kappa shape index (κ3) is 4.85. The lowest BCUT2D eigenvalue weighted by Gasteiger charge is -2.07. The zero-order valence-corrected chi connectivity index (χ0v) is 16.5. The van der Waals surface area contributed by atoms with E-state index in [4.69, 9.17) is 9.47 Å². The van der Waals surface area contributed by atoms with E-state index >= 15 is 0 Å². The first-order chi connectivity index (χ1) is 12.9. The number of hydrogen-bond donors (Lipinski definition) is 2. The first-order valence-electron chi connectivity index (χ1n) is 8.46. The van der Waals surface area contributed by atoms with Gasteiger partial charge >= 0.3 is 5.97 Å². The Kier molecular flexibility index (Phi) is 6.95. The van der Waals surface area contributed by atoms with Crippen molar-refractivity contribution >= 4 is 39.8 Å². The number of anilines is 2. The minimum Gasteiger partial charge on any atom is -0.494 e. The molecular formula is C19H22N2O5S. The number of carbonyl (C=O) groups excluding carboxylic acids is 3. The van der Waals surface area contributed by atoms with Gasteiger partial charge in [-0.2, -0.15) is 0 Å². The molecule has 0 atom stereocenters. The van der Waals surface area contributed by atoms with Crippen molar-refractivity contribution in [1.29, 1.82) is 0 Å². The summed E-state index contributed by atoms with van der Waals surface area (Å²) in [5.41, 5.74) is 1.25. The normalized spacial score (nSPS) is 10.2. The van der Waals surface area contributed by atoms with Crippen LogP contribution in [0.3, 0.4) is 0 Å². The van der Waals surface area contributed by atoms with Gasteiger partial charge in [-0.25, -0.2) is 4.79 Å². The Hall–Kier alpha value is -2.87. The molecule has 2 aromatic rings. The molecule has 2 amide bonds. The van der Waals surface area contributed by atoms with E-state index < -0.39 is 5.97 Å². The second-order valence-electron chi connectivity index (χ2n) is 5.57. The van der Waals surface area contributed by atoms with Crippen LogP contribution in [0.15, 0.2) is 24.3 Å². The van der Waals surface area contributed by atoms with Crippen molar-refractivity contribution in [1.82, 2.24) is 0 Å². The number of nitrogens with one attached hydrogen (secondary N) is 2. The second kappa shape index (κ2) is 9.18. The topological polar surface area (TPSA) is 93.7 Å². The Morgan fingerprint density at radius 2 is 1.74 bits per heavy atom. The van der Waals surface area contributed by atoms with Crippen LogP contribution in [0.1, 0.15) is 45.9 Å². The van der Waals surface area contributed by atoms with Crippen LogP contribution in [0.2, 0.25) is 0 Å². The molecule has 0 bridgehead atoms. The highest BCUT2D eigenvalue weighted by Crippen LogP contribution is 2.34. The maximum Gasteiger partial charge on any atom is 0.341 e. The first-order valence-corrected chi connectivity index (χ1v) is 9.28. The fourth-order valence-electron chi connectivity index (χ4n) is 2.37. The van der Waals surface area contributed by atoms with E-state index in [-0.39, 0.29) is 23.8 Å². The van der Waals surface area contributed by atoms with Crippen molar-refractivity contribution < 1.29 is 23.9 Å². The average molecular weight is 390 g/mol. The smallest absolute Gasteiger partial charge is 0.341 e. The molecule has 0 unspecified atom stereocenters. The zero-order valence-electron chi connectivity index (χ0n) is 15.7. The average Bonchev–Trinajstić information content (AvgIpc) is 2.98. The van der Waals surface area contributed by atoms with Gasteiger partial charge in [-0.15, -0.1) is 11.3 Å². The number of benzene rings is 1. The van der Waals surface area contributed by atoms with Gasteiger partial charge in [0.05, 0.1) is 24.2 Å². The van der Waals surface area contributed by atoms with E-state index in [1.165, 1.54) is 7.11 Å². The fraction of sp³-hybridized carbons (Fsp3) is 0.316. The summed E-state index contributed by atoms with van der Waals surface area (Å²) >= 11 is 1.04. The number of methoxy groups -OCH3 is 1. The maximum absolute atomic E-state index is 12.7. The van der Waals surface area contributed by atoms with Crippen LogP contribution in [-0.4, -0.2) is 31.5 Å². The van der Waals surface area contributed by atoms with Gasteiger partial charge in [0.15, 0.2) is 0 Å². The highest BCUT2D eigenvalue weighted by molar-refractivity contribution is 7.18. The van der Waals surface area contributed by atoms with Crippen molar-refractivity contribution in [2.24, 2.45) is 0 Å². The van der Waals surface area contributed by atoms with Gasteiger partial charge in [-0.1, -0.05) is 6.92 Å². The highest BCUT2D eigenvalue weighted by atomic mass is 32.1. The number of carbonyl (C=O) groups is 3. The van der Waals surface area contributed by atoms with Gasteiger partial charge in [-0.3, -0.25) is 9.59 Å². The zero-order chi connectivity index (χ0) is 20.0. The second-order valence-corrected chi connectivity index (χ2v) is 6.59. The third-order valence-corrected chi connectivity index (χ3v) is 4.95. The molecule has 0 aliphatic heterocycles. The SMILES string of the molecule is CCOc1ccc(NC(=O)c2sc(NC(=O)CC)c(C(=O)OC)c2C)cc1. The number of amides is 2. The van der Waals surface area contributed by atoms with Crippen LogP contribution >= 0.6 is 11.3 Å². The van der Waals surface area contributed by atoms with Crippen LogP contribution in [0.25, 0.3) is 0 Å². The Morgan fingerprint density at radius 1 is 1.07 bits per heavy atom. The molecule has 0 fully saturated rings. The summed E-state index contributed by atoms with van der Waals surface area (Å²) in [4.78, 5) is 36.9. The molecule has 0 aliphatic rings. The van der Waals surface area contributed by atoms with E-state index in [0.29, 0.717) is 33.5 Å². The lowest BCUT2D eigenvalue weighted by atomic mass is 10.1. The molecule has 8 heteroatoms. The Balaban J connectivity index is 2.29. The number of hydrogen-bond acceptors (Lipinski definition) is 6. The summed E-state index contributed by atoms with van der Waals surface area (Å²) in [6, 6.07) is 6.97. The standard InChI is InChI=1S/C19H22N2O5S/c1-5-14(22)21-18-15(19(24)25-4)11(3)16(27-18)17(23)20-12-7-9-13(10-8-12)26-6-2/h7-10H,5-6H2,1-4H3,(H,20,23)(H,21,22). The van der Waals surface area contributed by atoms with Gasteiger partial charge in [0.2, 0.25) is 5.91 Å². The predicted molar refractivity (Wildman–Crippen MR) is 105 cm³/mol. The largest absolute Gasteiger partial charge is 0.494 e. The molecule has 1 aromatic carbocycles. The van der Waals surface area contributed by atoms with Crippen molar-refractivity contribution in [3.8, 4) is 5.75 Å². The molecule has 1 heterocycles. The molecule has 0 spiro atoms. The lowest BCUT2D eigenvalue weighted by Crippen LogP contribution is -2.13. The molecule has 0 aliphatic carbocycles. The van der Waals surface area contributed by atoms with Crippen LogP contribution in [0.4, 0.5) is 10.7 Å². The molecule has 1 aromatic heterocycles. The Labute approximate surface area is 161 Å². The molecule has 2 N–H and O–H groups in total. The van der Waals surface area contributed by atoms with Crippen LogP contribution in [-0.2, 0) is 9.53 Å². The lowest BCUT2D eigenvalue weighted by molar-refractivity contribution is -0.115. The van der Waals surface area contributed by atoms with Crippen molar-refractivity contribution in [2.45, 2.75) is 27.2 Å². The molecule has 0 saturated carbocycles. The van der Waals surface area contributed by atoms with Gasteiger partial charge < -0.3 is 20.1 Å². The highest BCUT2D eigenvalue weighted by Gasteiger charge is 2.26. The number of esters is 1. The number of rotatable bonds is 7. The molecule has 2 rings (SSSR count). The van der Waals surface area contributed by atoms with E-state index in [1.54, 1.807) is 38.1 Å². The van der Waals surface area contributed by atoms with E-state index in [1.807, 2.05) is 6.92 Å². The minimum absolute atomic E-state index is 0.196. The molecule has 7 nitrogen and oxygen atoms in total. The first kappa shape index (κ1) is 20.4. The molecule has 27 heavy (non-hydrogen) atoms. The number of thiophene rings is 1. The van der Waals surface area contributed by atoms with E-state index in [0.717, 1.165) is 11.3 Å². The third-order valence-electron chi connectivity index (χ3n) is 3.74. The quantitative estimate of drug-likeness (QED) is 0.701. The molecular weight excluding hydrogens is 368 g/mol. The van der Waals surface area contributed by atoms with Gasteiger partial charge in [0.25, 0.3) is 5.91 Å². The minimum atomic E-state index is -0.602. The van der Waals surface area contributed by atoms with Crippen LogP contribution in [0, 0.1) is 6.92 Å². The maximum atomic E-state index is 12.7. The van der Waals surface area contributed by atoms with Crippen molar-refractivity contribution in [3.63, 3.8) is 0 Å². The molecule has 144 valence electrons. The van der Waals surface area contributed by atoms with Crippen LogP contribution < -0.4 is 15.4 Å². The Morgan fingerprint density at radius 3 is 2.30 bits per heavy atom. The summed E-state index contributed by atoms with van der Waals surface area (Å²) in [7, 11) is 1.25. The van der Waals surface area contributed by atoms with Gasteiger partial charge in [0.1, 0.15) is 10.8 Å². The number of ether oxygens (including phenoxy) is 2. The predicted octanol–water partition coefficient (Wildman–Crippen LogP) is 3.84. The Bertz CT molecular complexity index is 843. The summed E-state index contributed by atoms with van der Waals surface area (Å²) in [6.45, 7) is 5.80. The van der Waals surface area contributed by atoms with Crippen LogP contribution in [0.5, 0.6) is 5.75 Å². The summed E-state index contributed by atoms with van der Waals surface area (Å²) in [5, 5.41) is 5.75. The van der Waals surface area contributed by atoms with Gasteiger partial charge in [0, 0.05) is 12.1 Å².